The van der Waals surface area contributed by atoms with Crippen molar-refractivity contribution in [3.63, 3.8) is 0 Å². The molecule has 0 spiro atoms. The van der Waals surface area contributed by atoms with Crippen molar-refractivity contribution in [2.75, 3.05) is 0 Å². The van der Waals surface area contributed by atoms with E-state index < -0.39 is 5.97 Å². The van der Waals surface area contributed by atoms with Gasteiger partial charge in [-0.05, 0) is 17.5 Å². The van der Waals surface area contributed by atoms with Crippen LogP contribution in [0.2, 0.25) is 0 Å². The highest BCUT2D eigenvalue weighted by Crippen LogP contribution is 2.19. The van der Waals surface area contributed by atoms with Gasteiger partial charge in [0.25, 0.3) is 0 Å². The number of carboxylic acids is 1. The number of rotatable bonds is 3. The number of hydrogen-bond donors (Lipinski definition) is 1. The molecule has 2 nitrogen and oxygen atoms in total. The summed E-state index contributed by atoms with van der Waals surface area (Å²) in [4.78, 5) is 10.3. The molecular formula is C11H11ClO2. The Hall–Kier alpha value is -1.28. The second-order valence-electron chi connectivity index (χ2n) is 2.88. The Bertz CT molecular complexity index is 352. The molecule has 0 atom stereocenters. The van der Waals surface area contributed by atoms with Gasteiger partial charge < -0.3 is 5.11 Å². The number of aryl methyl sites for hydroxylation is 1. The number of halogens is 1. The average Bonchev–Trinajstić information content (AvgIpc) is 2.17. The molecule has 1 rings (SSSR count). The van der Waals surface area contributed by atoms with Gasteiger partial charge in [0, 0.05) is 6.08 Å². The Labute approximate surface area is 87.8 Å². The number of hydrogen-bond acceptors (Lipinski definition) is 1. The second-order valence-corrected chi connectivity index (χ2v) is 3.29. The molecule has 0 radical (unpaired) electrons. The predicted octanol–water partition coefficient (Wildman–Crippen LogP) is 2.91. The molecule has 0 saturated carbocycles. The Kier molecular flexibility index (Phi) is 3.72. The van der Waals surface area contributed by atoms with Crippen LogP contribution in [0.25, 0.3) is 5.03 Å². The van der Waals surface area contributed by atoms with E-state index in [2.05, 4.69) is 6.92 Å². The van der Waals surface area contributed by atoms with E-state index in [1.54, 1.807) is 0 Å². The molecule has 0 heterocycles. The topological polar surface area (TPSA) is 37.3 Å². The minimum absolute atomic E-state index is 0.250. The molecule has 1 N–H and O–H groups in total. The Balaban J connectivity index is 2.92. The lowest BCUT2D eigenvalue weighted by atomic mass is 10.1. The van der Waals surface area contributed by atoms with Crippen LogP contribution < -0.4 is 0 Å². The molecule has 0 fully saturated rings. The average molecular weight is 211 g/mol. The predicted molar refractivity (Wildman–Crippen MR) is 57.3 cm³/mol. The van der Waals surface area contributed by atoms with Crippen LogP contribution in [-0.2, 0) is 11.2 Å². The van der Waals surface area contributed by atoms with Crippen molar-refractivity contribution < 1.29 is 9.90 Å². The summed E-state index contributed by atoms with van der Waals surface area (Å²) in [5.74, 6) is -1.03. The van der Waals surface area contributed by atoms with Crippen LogP contribution in [0, 0.1) is 0 Å². The third-order valence-electron chi connectivity index (χ3n) is 1.89. The lowest BCUT2D eigenvalue weighted by molar-refractivity contribution is -0.131. The molecule has 0 aromatic heterocycles. The summed E-state index contributed by atoms with van der Waals surface area (Å²) in [6, 6.07) is 7.52. The van der Waals surface area contributed by atoms with Crippen molar-refractivity contribution in [2.45, 2.75) is 13.3 Å². The molecule has 0 aliphatic heterocycles. The molecule has 0 bridgehead atoms. The fraction of sp³-hybridized carbons (Fsp3) is 0.182. The first kappa shape index (κ1) is 10.8. The van der Waals surface area contributed by atoms with Gasteiger partial charge in [0.15, 0.2) is 0 Å². The molecule has 14 heavy (non-hydrogen) atoms. The molecule has 1 aromatic carbocycles. The summed E-state index contributed by atoms with van der Waals surface area (Å²) < 4.78 is 0. The van der Waals surface area contributed by atoms with Crippen LogP contribution in [0.1, 0.15) is 18.1 Å². The first-order valence-corrected chi connectivity index (χ1v) is 4.70. The van der Waals surface area contributed by atoms with E-state index in [0.717, 1.165) is 18.1 Å². The maximum absolute atomic E-state index is 10.3. The summed E-state index contributed by atoms with van der Waals surface area (Å²) in [5.41, 5.74) is 1.93. The fourth-order valence-electron chi connectivity index (χ4n) is 1.09. The van der Waals surface area contributed by atoms with E-state index >= 15 is 0 Å². The van der Waals surface area contributed by atoms with Crippen molar-refractivity contribution in [3.05, 3.63) is 41.5 Å². The van der Waals surface area contributed by atoms with Gasteiger partial charge in [-0.25, -0.2) is 4.79 Å². The van der Waals surface area contributed by atoms with Crippen LogP contribution in [0.4, 0.5) is 0 Å². The summed E-state index contributed by atoms with van der Waals surface area (Å²) in [6.45, 7) is 2.06. The van der Waals surface area contributed by atoms with Gasteiger partial charge in [0.05, 0.1) is 5.03 Å². The van der Waals surface area contributed by atoms with Crippen molar-refractivity contribution in [3.8, 4) is 0 Å². The van der Waals surface area contributed by atoms with Gasteiger partial charge in [-0.15, -0.1) is 0 Å². The van der Waals surface area contributed by atoms with Gasteiger partial charge in [0.1, 0.15) is 0 Å². The molecule has 0 saturated heterocycles. The maximum atomic E-state index is 10.3. The minimum atomic E-state index is -1.03. The zero-order valence-corrected chi connectivity index (χ0v) is 8.58. The van der Waals surface area contributed by atoms with E-state index in [9.17, 15) is 4.79 Å². The highest BCUT2D eigenvalue weighted by atomic mass is 35.5. The van der Waals surface area contributed by atoms with Crippen molar-refractivity contribution in [2.24, 2.45) is 0 Å². The summed E-state index contributed by atoms with van der Waals surface area (Å²) in [5, 5.41) is 8.74. The molecule has 0 unspecified atom stereocenters. The van der Waals surface area contributed by atoms with E-state index in [1.165, 1.54) is 5.56 Å². The van der Waals surface area contributed by atoms with E-state index in [4.69, 9.17) is 16.7 Å². The van der Waals surface area contributed by atoms with Crippen LogP contribution in [0.5, 0.6) is 0 Å². The SMILES string of the molecule is CCc1ccc(/C(Cl)=C/C(=O)O)cc1. The van der Waals surface area contributed by atoms with E-state index in [1.807, 2.05) is 24.3 Å². The number of carbonyl (C=O) groups is 1. The van der Waals surface area contributed by atoms with Crippen LogP contribution in [-0.4, -0.2) is 11.1 Å². The Morgan fingerprint density at radius 2 is 2.00 bits per heavy atom. The highest BCUT2D eigenvalue weighted by molar-refractivity contribution is 6.50. The molecule has 0 amide bonds. The monoisotopic (exact) mass is 210 g/mol. The van der Waals surface area contributed by atoms with Crippen molar-refractivity contribution in [1.82, 2.24) is 0 Å². The quantitative estimate of drug-likeness (QED) is 0.779. The number of benzene rings is 1. The Morgan fingerprint density at radius 1 is 1.43 bits per heavy atom. The van der Waals surface area contributed by atoms with Gasteiger partial charge in [0.2, 0.25) is 0 Å². The zero-order valence-electron chi connectivity index (χ0n) is 7.83. The molecule has 0 aliphatic carbocycles. The summed E-state index contributed by atoms with van der Waals surface area (Å²) in [6.07, 6.45) is 1.95. The van der Waals surface area contributed by atoms with Crippen molar-refractivity contribution in [1.29, 1.82) is 0 Å². The lowest BCUT2D eigenvalue weighted by Gasteiger charge is -2.00. The van der Waals surface area contributed by atoms with Crippen LogP contribution in [0.15, 0.2) is 30.3 Å². The molecular weight excluding hydrogens is 200 g/mol. The van der Waals surface area contributed by atoms with Gasteiger partial charge in [-0.3, -0.25) is 0 Å². The van der Waals surface area contributed by atoms with Crippen LogP contribution >= 0.6 is 11.6 Å². The third-order valence-corrected chi connectivity index (χ3v) is 2.22. The van der Waals surface area contributed by atoms with Gasteiger partial charge in [-0.2, -0.15) is 0 Å². The third kappa shape index (κ3) is 2.89. The second kappa shape index (κ2) is 4.82. The van der Waals surface area contributed by atoms with E-state index in [-0.39, 0.29) is 5.03 Å². The minimum Gasteiger partial charge on any atom is -0.478 e. The highest BCUT2D eigenvalue weighted by Gasteiger charge is 2.00. The number of carboxylic acid groups (broad SMARTS) is 1. The standard InChI is InChI=1S/C11H11ClO2/c1-2-8-3-5-9(6-4-8)10(12)7-11(13)14/h3-7H,2H2,1H3,(H,13,14)/b10-7-. The van der Waals surface area contributed by atoms with Crippen molar-refractivity contribution >= 4 is 22.6 Å². The van der Waals surface area contributed by atoms with E-state index in [0.29, 0.717) is 0 Å². The smallest absolute Gasteiger partial charge is 0.329 e. The summed E-state index contributed by atoms with van der Waals surface area (Å²) >= 11 is 5.78. The lowest BCUT2D eigenvalue weighted by Crippen LogP contribution is -1.89. The molecule has 74 valence electrons. The normalized spacial score (nSPS) is 11.4. The maximum Gasteiger partial charge on any atom is 0.329 e. The number of aliphatic carboxylic acids is 1. The first-order valence-electron chi connectivity index (χ1n) is 4.33. The van der Waals surface area contributed by atoms with Gasteiger partial charge >= 0.3 is 5.97 Å². The summed E-state index contributed by atoms with van der Waals surface area (Å²) in [7, 11) is 0. The largest absolute Gasteiger partial charge is 0.478 e. The fourth-order valence-corrected chi connectivity index (χ4v) is 1.31. The molecule has 3 heteroatoms. The molecule has 0 aliphatic rings. The zero-order chi connectivity index (χ0) is 10.6. The van der Waals surface area contributed by atoms with Crippen LogP contribution in [0.3, 0.4) is 0 Å². The first-order chi connectivity index (χ1) is 6.63. The Morgan fingerprint density at radius 3 is 2.43 bits per heavy atom. The molecule has 1 aromatic rings. The van der Waals surface area contributed by atoms with Gasteiger partial charge in [-0.1, -0.05) is 42.8 Å².